The van der Waals surface area contributed by atoms with Crippen molar-refractivity contribution in [2.45, 2.75) is 79.8 Å². The summed E-state index contributed by atoms with van der Waals surface area (Å²) >= 11 is 0. The molecule has 0 unspecified atom stereocenters. The molecule has 2 heterocycles. The topological polar surface area (TPSA) is 125 Å². The first-order chi connectivity index (χ1) is 22.4. The van der Waals surface area contributed by atoms with Crippen molar-refractivity contribution in [2.24, 2.45) is 28.6 Å². The monoisotopic (exact) mass is 698 g/mol. The Morgan fingerprint density at radius 2 is 1.67 bits per heavy atom. The summed E-state index contributed by atoms with van der Waals surface area (Å²) in [6.07, 6.45) is 11.4. The first kappa shape index (κ1) is 39.0. The number of hydrogen-bond donors (Lipinski definition) is 1. The molecular formula is C38H59ClN6O4. The predicted molar refractivity (Wildman–Crippen MR) is 200 cm³/mol. The van der Waals surface area contributed by atoms with Crippen LogP contribution in [0.1, 0.15) is 74.1 Å². The van der Waals surface area contributed by atoms with Crippen molar-refractivity contribution >= 4 is 41.6 Å². The van der Waals surface area contributed by atoms with Crippen LogP contribution in [0.2, 0.25) is 0 Å². The fourth-order valence-electron chi connectivity index (χ4n) is 9.85. The maximum atomic E-state index is 14.3. The van der Waals surface area contributed by atoms with Crippen molar-refractivity contribution in [1.82, 2.24) is 14.9 Å². The summed E-state index contributed by atoms with van der Waals surface area (Å²) in [6.45, 7) is 21.8. The number of nitrogens with zero attached hydrogens (tertiary/aromatic N) is 6. The highest BCUT2D eigenvalue weighted by atomic mass is 35.5. The lowest BCUT2D eigenvalue weighted by atomic mass is 9.51. The minimum Gasteiger partial charge on any atom is -0.412 e. The smallest absolute Gasteiger partial charge is 0.229 e. The molecule has 0 radical (unpaired) electrons. The molecule has 272 valence electrons. The minimum absolute atomic E-state index is 0. The summed E-state index contributed by atoms with van der Waals surface area (Å²) in [5, 5.41) is 12.5. The summed E-state index contributed by atoms with van der Waals surface area (Å²) in [5.41, 5.74) is 0.500. The van der Waals surface area contributed by atoms with E-state index in [0.717, 1.165) is 89.2 Å². The van der Waals surface area contributed by atoms with Gasteiger partial charge in [-0.25, -0.2) is 0 Å². The quantitative estimate of drug-likeness (QED) is 0.348. The van der Waals surface area contributed by atoms with Gasteiger partial charge in [0.15, 0.2) is 11.6 Å². The van der Waals surface area contributed by atoms with E-state index in [1.54, 1.807) is 6.08 Å². The zero-order valence-electron chi connectivity index (χ0n) is 30.7. The Morgan fingerprint density at radius 1 is 1.02 bits per heavy atom. The van der Waals surface area contributed by atoms with Crippen LogP contribution in [0.5, 0.6) is 0 Å². The number of fused-ring (bicyclic) bond motifs is 5. The van der Waals surface area contributed by atoms with E-state index in [1.807, 2.05) is 6.08 Å². The van der Waals surface area contributed by atoms with Gasteiger partial charge in [0.1, 0.15) is 17.2 Å². The summed E-state index contributed by atoms with van der Waals surface area (Å²) in [7, 11) is 0. The second-order valence-electron chi connectivity index (χ2n) is 15.0. The maximum absolute atomic E-state index is 14.3. The van der Waals surface area contributed by atoms with Crippen molar-refractivity contribution in [3.05, 3.63) is 41.5 Å². The number of aromatic nitrogens is 2. The van der Waals surface area contributed by atoms with Crippen molar-refractivity contribution in [2.75, 3.05) is 73.6 Å². The Labute approximate surface area is 299 Å². The first-order valence-electron chi connectivity index (χ1n) is 18.2. The number of carbonyl (C=O) groups excluding carboxylic acids is 2. The van der Waals surface area contributed by atoms with Crippen LogP contribution in [0.15, 0.2) is 41.5 Å². The van der Waals surface area contributed by atoms with Crippen LogP contribution < -0.4 is 14.7 Å². The molecule has 6 atom stereocenters. The van der Waals surface area contributed by atoms with Crippen molar-refractivity contribution in [1.29, 1.82) is 0 Å². The van der Waals surface area contributed by atoms with E-state index in [0.29, 0.717) is 12.3 Å². The van der Waals surface area contributed by atoms with Crippen LogP contribution in [0.25, 0.3) is 0 Å². The average Bonchev–Trinajstić information content (AvgIpc) is 3.28. The van der Waals surface area contributed by atoms with E-state index in [2.05, 4.69) is 86.3 Å². The van der Waals surface area contributed by atoms with E-state index in [4.69, 9.17) is 9.97 Å². The second kappa shape index (κ2) is 14.8. The largest absolute Gasteiger partial charge is 0.412 e. The lowest BCUT2D eigenvalue weighted by Crippen LogP contribution is -2.60. The second-order valence-corrected chi connectivity index (χ2v) is 15.0. The van der Waals surface area contributed by atoms with Gasteiger partial charge in [-0.2, -0.15) is 9.97 Å². The molecule has 10 nitrogen and oxygen atoms in total. The Hall–Kier alpha value is -2.79. The molecule has 1 saturated heterocycles. The Bertz CT molecular complexity index is 1450. The molecular weight excluding hydrogens is 640 g/mol. The van der Waals surface area contributed by atoms with Gasteiger partial charge in [-0.05, 0) is 90.2 Å². The molecule has 0 bridgehead atoms. The van der Waals surface area contributed by atoms with E-state index < -0.39 is 11.0 Å². The number of anilines is 3. The third-order valence-corrected chi connectivity index (χ3v) is 12.8. The zero-order chi connectivity index (χ0) is 33.7. The standard InChI is InChI=1S/C38H56N6O3.ClH.H2O/c1-8-42(9-2)33-24-34(40-35(39-33)43(10-3)11-4)44-20-18-41(19-21-44)25-32(46)38(47)26(5)22-31-29-13-12-27-23-28(45)14-16-36(27,6)30(29)15-17-37(31,38)7;;/h14-16,23-24,26,29,31,47H,8-13,17-22,25H2,1-7H3;1H;1H2/t26-,29-,31+,36+,37+,38+;;/m1../s1. The Kier molecular flexibility index (Phi) is 11.8. The van der Waals surface area contributed by atoms with Gasteiger partial charge in [-0.1, -0.05) is 37.1 Å². The highest BCUT2D eigenvalue weighted by Gasteiger charge is 2.67. The van der Waals surface area contributed by atoms with Crippen LogP contribution in [0.3, 0.4) is 0 Å². The molecule has 49 heavy (non-hydrogen) atoms. The van der Waals surface area contributed by atoms with E-state index in [-0.39, 0.29) is 53.2 Å². The van der Waals surface area contributed by atoms with Crippen LogP contribution in [-0.2, 0) is 9.59 Å². The lowest BCUT2D eigenvalue weighted by Gasteiger charge is -2.54. The van der Waals surface area contributed by atoms with Gasteiger partial charge in [0.05, 0.1) is 6.54 Å². The number of aliphatic hydroxyl groups is 1. The molecule has 11 heteroatoms. The molecule has 2 saturated carbocycles. The molecule has 1 aromatic heterocycles. The summed E-state index contributed by atoms with van der Waals surface area (Å²) in [6, 6.07) is 2.11. The zero-order valence-corrected chi connectivity index (χ0v) is 31.5. The van der Waals surface area contributed by atoms with Crippen molar-refractivity contribution in [3.8, 4) is 0 Å². The number of Topliss-reactive ketones (excluding diaryl/α,β-unsaturated/α-hetero) is 1. The number of halogens is 1. The van der Waals surface area contributed by atoms with Gasteiger partial charge < -0.3 is 25.3 Å². The number of rotatable bonds is 10. The summed E-state index contributed by atoms with van der Waals surface area (Å²) in [4.78, 5) is 45.4. The van der Waals surface area contributed by atoms with Gasteiger partial charge in [-0.3, -0.25) is 14.5 Å². The molecule has 3 N–H and O–H groups in total. The number of piperazine rings is 1. The van der Waals surface area contributed by atoms with Crippen molar-refractivity contribution in [3.63, 3.8) is 0 Å². The van der Waals surface area contributed by atoms with Crippen LogP contribution >= 0.6 is 12.4 Å². The van der Waals surface area contributed by atoms with Gasteiger partial charge in [-0.15, -0.1) is 12.4 Å². The molecule has 1 aromatic rings. The number of allylic oxidation sites excluding steroid dienone is 6. The third kappa shape index (κ3) is 6.36. The Morgan fingerprint density at radius 3 is 2.31 bits per heavy atom. The van der Waals surface area contributed by atoms with Gasteiger partial charge in [0.2, 0.25) is 5.95 Å². The fourth-order valence-corrected chi connectivity index (χ4v) is 9.85. The molecule has 1 aliphatic heterocycles. The molecule has 5 aliphatic rings. The van der Waals surface area contributed by atoms with Gasteiger partial charge in [0.25, 0.3) is 0 Å². The van der Waals surface area contributed by atoms with Crippen LogP contribution in [0.4, 0.5) is 17.6 Å². The predicted octanol–water partition coefficient (Wildman–Crippen LogP) is 4.66. The van der Waals surface area contributed by atoms with E-state index in [1.165, 1.54) is 11.1 Å². The fraction of sp³-hybridized carbons (Fsp3) is 0.684. The summed E-state index contributed by atoms with van der Waals surface area (Å²) < 4.78 is 0. The summed E-state index contributed by atoms with van der Waals surface area (Å²) in [5.74, 6) is 3.17. The normalized spacial score (nSPS) is 32.1. The average molecular weight is 699 g/mol. The SMILES string of the molecule is CCN(CC)c1cc(N2CCN(CC(=O)[C@@]3(O)[C@H](C)C[C@H]4[C@@H]5CCC6=CC(=O)C=C[C@]6(C)C5=CC[C@@]43C)CC2)nc(N(CC)CC)n1.Cl.O. The Balaban J connectivity index is 0.00000270. The number of ketones is 2. The van der Waals surface area contributed by atoms with Gasteiger partial charge in [0, 0.05) is 69.3 Å². The minimum atomic E-state index is -1.36. The molecule has 4 aliphatic carbocycles. The number of carbonyl (C=O) groups is 2. The first-order valence-corrected chi connectivity index (χ1v) is 18.2. The van der Waals surface area contributed by atoms with Crippen molar-refractivity contribution < 1.29 is 20.2 Å². The molecule has 0 amide bonds. The van der Waals surface area contributed by atoms with Crippen LogP contribution in [0, 0.1) is 28.6 Å². The highest BCUT2D eigenvalue weighted by molar-refractivity contribution is 6.01. The van der Waals surface area contributed by atoms with E-state index >= 15 is 0 Å². The molecule has 3 fully saturated rings. The highest BCUT2D eigenvalue weighted by Crippen LogP contribution is 2.66. The van der Waals surface area contributed by atoms with Gasteiger partial charge >= 0.3 is 0 Å². The van der Waals surface area contributed by atoms with Crippen LogP contribution in [-0.4, -0.2) is 102 Å². The number of hydrogen-bond acceptors (Lipinski definition) is 9. The molecule has 0 aromatic carbocycles. The molecule has 6 rings (SSSR count). The lowest BCUT2D eigenvalue weighted by molar-refractivity contribution is -0.159. The molecule has 0 spiro atoms. The van der Waals surface area contributed by atoms with E-state index in [9.17, 15) is 14.7 Å². The third-order valence-electron chi connectivity index (χ3n) is 12.8. The maximum Gasteiger partial charge on any atom is 0.229 e.